The summed E-state index contributed by atoms with van der Waals surface area (Å²) in [7, 11) is 0. The van der Waals surface area contributed by atoms with E-state index >= 15 is 0 Å². The highest BCUT2D eigenvalue weighted by molar-refractivity contribution is 5.95. The zero-order valence-electron chi connectivity index (χ0n) is 16.8. The molecule has 4 rings (SSSR count). The highest BCUT2D eigenvalue weighted by Crippen LogP contribution is 2.43. The van der Waals surface area contributed by atoms with Crippen LogP contribution >= 0.6 is 0 Å². The molecule has 0 N–H and O–H groups in total. The van der Waals surface area contributed by atoms with Crippen molar-refractivity contribution in [2.24, 2.45) is 0 Å². The van der Waals surface area contributed by atoms with Crippen molar-refractivity contribution in [1.29, 1.82) is 0 Å². The zero-order valence-corrected chi connectivity index (χ0v) is 16.8. The van der Waals surface area contributed by atoms with Crippen LogP contribution in [0.15, 0.2) is 48.5 Å². The second kappa shape index (κ2) is 7.23. The van der Waals surface area contributed by atoms with Gasteiger partial charge in [-0.25, -0.2) is 4.39 Å². The molecule has 2 bridgehead atoms. The van der Waals surface area contributed by atoms with Gasteiger partial charge in [-0.15, -0.1) is 0 Å². The van der Waals surface area contributed by atoms with Crippen LogP contribution in [0.5, 0.6) is 5.75 Å². The van der Waals surface area contributed by atoms with Crippen molar-refractivity contribution in [3.63, 3.8) is 0 Å². The Morgan fingerprint density at radius 2 is 1.54 bits per heavy atom. The average molecular weight is 381 g/mol. The molecule has 2 aromatic rings. The molecule has 3 atom stereocenters. The lowest BCUT2D eigenvalue weighted by atomic mass is 9.85. The van der Waals surface area contributed by atoms with Crippen molar-refractivity contribution in [2.45, 2.75) is 70.1 Å². The number of rotatable bonds is 3. The predicted octanol–water partition coefficient (Wildman–Crippen LogP) is 5.55. The Morgan fingerprint density at radius 3 is 2.07 bits per heavy atom. The molecule has 2 heterocycles. The summed E-state index contributed by atoms with van der Waals surface area (Å²) < 4.78 is 19.1. The maximum absolute atomic E-state index is 13.2. The molecular formula is C24H28FNO2. The van der Waals surface area contributed by atoms with Crippen molar-refractivity contribution in [3.05, 3.63) is 65.5 Å². The van der Waals surface area contributed by atoms with Gasteiger partial charge in [0.15, 0.2) is 0 Å². The number of hydrogen-bond acceptors (Lipinski definition) is 2. The number of hydrogen-bond donors (Lipinski definition) is 0. The molecule has 3 nitrogen and oxygen atoms in total. The van der Waals surface area contributed by atoms with E-state index < -0.39 is 0 Å². The van der Waals surface area contributed by atoms with Gasteiger partial charge in [-0.2, -0.15) is 0 Å². The maximum Gasteiger partial charge on any atom is 0.254 e. The van der Waals surface area contributed by atoms with Gasteiger partial charge in [-0.1, -0.05) is 12.1 Å². The lowest BCUT2D eigenvalue weighted by Gasteiger charge is -2.39. The number of amides is 1. The molecule has 4 heteroatoms. The molecule has 0 radical (unpaired) electrons. The van der Waals surface area contributed by atoms with Crippen molar-refractivity contribution in [1.82, 2.24) is 4.90 Å². The van der Waals surface area contributed by atoms with Gasteiger partial charge in [0.25, 0.3) is 5.91 Å². The van der Waals surface area contributed by atoms with E-state index in [9.17, 15) is 9.18 Å². The third kappa shape index (κ3) is 3.91. The van der Waals surface area contributed by atoms with Gasteiger partial charge in [0.05, 0.1) is 0 Å². The van der Waals surface area contributed by atoms with Gasteiger partial charge >= 0.3 is 0 Å². The van der Waals surface area contributed by atoms with Crippen LogP contribution in [-0.2, 0) is 0 Å². The fraction of sp³-hybridized carbons (Fsp3) is 0.458. The Morgan fingerprint density at radius 1 is 0.964 bits per heavy atom. The molecule has 148 valence electrons. The molecule has 2 fully saturated rings. The molecule has 0 aliphatic carbocycles. The van der Waals surface area contributed by atoms with Crippen LogP contribution in [0.3, 0.4) is 0 Å². The fourth-order valence-electron chi connectivity index (χ4n) is 4.68. The number of ether oxygens (including phenoxy) is 1. The van der Waals surface area contributed by atoms with Crippen LogP contribution in [0.4, 0.5) is 4.39 Å². The smallest absolute Gasteiger partial charge is 0.254 e. The Kier molecular flexibility index (Phi) is 4.90. The SMILES string of the molecule is CC(C)(C)Oc1ccc(C(=O)N2[C@@H]3CC[C@H]2CC(c2ccc(F)cc2)C3)cc1. The van der Waals surface area contributed by atoms with Crippen molar-refractivity contribution >= 4 is 5.91 Å². The molecule has 0 saturated carbocycles. The van der Waals surface area contributed by atoms with Gasteiger partial charge in [0, 0.05) is 17.6 Å². The van der Waals surface area contributed by atoms with Gasteiger partial charge in [0.1, 0.15) is 17.2 Å². The monoisotopic (exact) mass is 381 g/mol. The summed E-state index contributed by atoms with van der Waals surface area (Å²) in [5.74, 6) is 1.11. The first kappa shape index (κ1) is 19.0. The van der Waals surface area contributed by atoms with Gasteiger partial charge in [0.2, 0.25) is 0 Å². The Labute approximate surface area is 166 Å². The summed E-state index contributed by atoms with van der Waals surface area (Å²) in [6, 6.07) is 14.9. The minimum atomic E-state index is -0.257. The maximum atomic E-state index is 13.2. The summed E-state index contributed by atoms with van der Waals surface area (Å²) in [6.45, 7) is 6.03. The Hall–Kier alpha value is -2.36. The quantitative estimate of drug-likeness (QED) is 0.697. The summed E-state index contributed by atoms with van der Waals surface area (Å²) in [6.07, 6.45) is 4.02. The van der Waals surface area contributed by atoms with Gasteiger partial charge < -0.3 is 9.64 Å². The number of piperidine rings is 1. The van der Waals surface area contributed by atoms with Crippen molar-refractivity contribution in [3.8, 4) is 5.75 Å². The van der Waals surface area contributed by atoms with E-state index in [0.29, 0.717) is 5.92 Å². The third-order valence-corrected chi connectivity index (χ3v) is 5.83. The van der Waals surface area contributed by atoms with Gasteiger partial charge in [-0.3, -0.25) is 4.79 Å². The number of benzene rings is 2. The molecule has 2 aromatic carbocycles. The molecule has 0 aromatic heterocycles. The fourth-order valence-corrected chi connectivity index (χ4v) is 4.68. The van der Waals surface area contributed by atoms with Crippen LogP contribution in [0, 0.1) is 5.82 Å². The first-order chi connectivity index (χ1) is 13.3. The molecule has 2 aliphatic rings. The minimum Gasteiger partial charge on any atom is -0.488 e. The largest absolute Gasteiger partial charge is 0.488 e. The highest BCUT2D eigenvalue weighted by atomic mass is 19.1. The van der Waals surface area contributed by atoms with E-state index in [1.54, 1.807) is 0 Å². The number of halogens is 1. The van der Waals surface area contributed by atoms with Crippen LogP contribution in [0.2, 0.25) is 0 Å². The second-order valence-electron chi connectivity index (χ2n) is 9.06. The lowest BCUT2D eigenvalue weighted by molar-refractivity contribution is 0.0571. The first-order valence-corrected chi connectivity index (χ1v) is 10.2. The van der Waals surface area contributed by atoms with Crippen molar-refractivity contribution < 1.29 is 13.9 Å². The zero-order chi connectivity index (χ0) is 19.9. The van der Waals surface area contributed by atoms with E-state index in [1.807, 2.05) is 57.2 Å². The van der Waals surface area contributed by atoms with E-state index in [-0.39, 0.29) is 29.4 Å². The van der Waals surface area contributed by atoms with Crippen LogP contribution in [0.25, 0.3) is 0 Å². The van der Waals surface area contributed by atoms with E-state index in [1.165, 1.54) is 17.7 Å². The predicted molar refractivity (Wildman–Crippen MR) is 108 cm³/mol. The average Bonchev–Trinajstić information content (AvgIpc) is 2.90. The number of nitrogens with zero attached hydrogens (tertiary/aromatic N) is 1. The summed E-state index contributed by atoms with van der Waals surface area (Å²) in [4.78, 5) is 15.3. The van der Waals surface area contributed by atoms with E-state index in [2.05, 4.69) is 4.90 Å². The first-order valence-electron chi connectivity index (χ1n) is 10.2. The number of fused-ring (bicyclic) bond motifs is 2. The summed E-state index contributed by atoms with van der Waals surface area (Å²) in [5, 5.41) is 0. The molecule has 2 saturated heterocycles. The Bertz CT molecular complexity index is 824. The molecule has 1 amide bonds. The van der Waals surface area contributed by atoms with Crippen LogP contribution in [0.1, 0.15) is 68.3 Å². The molecule has 0 spiro atoms. The van der Waals surface area contributed by atoms with Crippen molar-refractivity contribution in [2.75, 3.05) is 0 Å². The molecule has 28 heavy (non-hydrogen) atoms. The van der Waals surface area contributed by atoms with Crippen LogP contribution in [-0.4, -0.2) is 28.5 Å². The standard InChI is InChI=1S/C24H28FNO2/c1-24(2,3)28-22-12-6-17(7-13-22)23(27)26-20-10-11-21(26)15-18(14-20)16-4-8-19(25)9-5-16/h4-9,12-13,18,20-21H,10-11,14-15H2,1-3H3/t18?,20-,21+. The van der Waals surface area contributed by atoms with Crippen LogP contribution < -0.4 is 4.74 Å². The number of carbonyl (C=O) groups excluding carboxylic acids is 1. The van der Waals surface area contributed by atoms with Gasteiger partial charge in [-0.05, 0) is 94.3 Å². The number of carbonyl (C=O) groups is 1. The Balaban J connectivity index is 1.47. The highest BCUT2D eigenvalue weighted by Gasteiger charge is 2.43. The molecule has 1 unspecified atom stereocenters. The summed E-state index contributed by atoms with van der Waals surface area (Å²) >= 11 is 0. The minimum absolute atomic E-state index is 0.118. The van der Waals surface area contributed by atoms with E-state index in [0.717, 1.165) is 37.0 Å². The second-order valence-corrected chi connectivity index (χ2v) is 9.06. The summed E-state index contributed by atoms with van der Waals surface area (Å²) in [5.41, 5.74) is 1.65. The molecule has 2 aliphatic heterocycles. The topological polar surface area (TPSA) is 29.5 Å². The third-order valence-electron chi connectivity index (χ3n) is 5.83. The normalized spacial score (nSPS) is 24.3. The van der Waals surface area contributed by atoms with E-state index in [4.69, 9.17) is 4.74 Å². The molecular weight excluding hydrogens is 353 g/mol. The lowest BCUT2D eigenvalue weighted by Crippen LogP contribution is -2.46.